The second-order valence-corrected chi connectivity index (χ2v) is 5.89. The third-order valence-electron chi connectivity index (χ3n) is 3.57. The van der Waals surface area contributed by atoms with E-state index in [1.54, 1.807) is 6.33 Å². The number of rotatable bonds is 8. The molecule has 0 spiro atoms. The molecule has 0 aliphatic carbocycles. The minimum atomic E-state index is 0.481. The van der Waals surface area contributed by atoms with Gasteiger partial charge in [-0.05, 0) is 32.6 Å². The molecule has 114 valence electrons. The van der Waals surface area contributed by atoms with Gasteiger partial charge in [0.2, 0.25) is 0 Å². The van der Waals surface area contributed by atoms with Gasteiger partial charge in [-0.1, -0.05) is 27.2 Å². The van der Waals surface area contributed by atoms with Gasteiger partial charge in [0.15, 0.2) is 0 Å². The lowest BCUT2D eigenvalue weighted by molar-refractivity contribution is 0.501. The van der Waals surface area contributed by atoms with Crippen LogP contribution in [-0.4, -0.2) is 29.6 Å². The van der Waals surface area contributed by atoms with Crippen molar-refractivity contribution < 1.29 is 0 Å². The lowest BCUT2D eigenvalue weighted by atomic mass is 10.0. The number of aromatic nitrogens is 2. The molecular weight excluding hydrogens is 248 g/mol. The molecule has 0 fully saturated rings. The summed E-state index contributed by atoms with van der Waals surface area (Å²) >= 11 is 0. The Kier molecular flexibility index (Phi) is 6.76. The Bertz CT molecular complexity index is 403. The third-order valence-corrected chi connectivity index (χ3v) is 3.57. The first-order valence-corrected chi connectivity index (χ1v) is 7.81. The molecule has 1 N–H and O–H groups in total. The normalized spacial score (nSPS) is 12.6. The van der Waals surface area contributed by atoms with Crippen molar-refractivity contribution in [3.63, 3.8) is 0 Å². The Labute approximate surface area is 124 Å². The van der Waals surface area contributed by atoms with Gasteiger partial charge >= 0.3 is 0 Å². The molecule has 4 heteroatoms. The second-order valence-electron chi connectivity index (χ2n) is 5.89. The predicted molar refractivity (Wildman–Crippen MR) is 87.5 cm³/mol. The SMILES string of the molecule is CCCc1c(NCC)ncnc1N(C)C(C)CC(C)C. The molecule has 0 amide bonds. The molecule has 0 aliphatic rings. The van der Waals surface area contributed by atoms with Gasteiger partial charge < -0.3 is 10.2 Å². The molecule has 1 heterocycles. The zero-order chi connectivity index (χ0) is 15.1. The summed E-state index contributed by atoms with van der Waals surface area (Å²) in [7, 11) is 2.14. The van der Waals surface area contributed by atoms with E-state index in [2.05, 4.69) is 61.9 Å². The van der Waals surface area contributed by atoms with Crippen LogP contribution in [0.2, 0.25) is 0 Å². The third kappa shape index (κ3) is 4.36. The molecule has 1 unspecified atom stereocenters. The Morgan fingerprint density at radius 1 is 1.20 bits per heavy atom. The molecule has 0 saturated carbocycles. The average Bonchev–Trinajstić information content (AvgIpc) is 2.39. The molecule has 20 heavy (non-hydrogen) atoms. The summed E-state index contributed by atoms with van der Waals surface area (Å²) < 4.78 is 0. The van der Waals surface area contributed by atoms with Crippen molar-refractivity contribution in [2.24, 2.45) is 5.92 Å². The first kappa shape index (κ1) is 16.7. The van der Waals surface area contributed by atoms with Gasteiger partial charge in [0.05, 0.1) is 0 Å². The standard InChI is InChI=1S/C16H30N4/c1-7-9-14-15(17-8-2)18-11-19-16(14)20(6)13(5)10-12(3)4/h11-13H,7-10H2,1-6H3,(H,17,18,19). The van der Waals surface area contributed by atoms with Crippen LogP contribution in [0.25, 0.3) is 0 Å². The van der Waals surface area contributed by atoms with Gasteiger partial charge in [0.25, 0.3) is 0 Å². The summed E-state index contributed by atoms with van der Waals surface area (Å²) in [5, 5.41) is 3.36. The van der Waals surface area contributed by atoms with Crippen LogP contribution in [0.1, 0.15) is 53.0 Å². The highest BCUT2D eigenvalue weighted by molar-refractivity contribution is 5.58. The van der Waals surface area contributed by atoms with E-state index in [1.165, 1.54) is 12.0 Å². The van der Waals surface area contributed by atoms with Gasteiger partial charge in [-0.25, -0.2) is 9.97 Å². The van der Waals surface area contributed by atoms with Crippen LogP contribution < -0.4 is 10.2 Å². The van der Waals surface area contributed by atoms with Crippen molar-refractivity contribution in [2.75, 3.05) is 23.8 Å². The van der Waals surface area contributed by atoms with Crippen LogP contribution in [0.5, 0.6) is 0 Å². The molecule has 1 rings (SSSR count). The quantitative estimate of drug-likeness (QED) is 0.786. The second kappa shape index (κ2) is 8.08. The van der Waals surface area contributed by atoms with E-state index in [0.29, 0.717) is 12.0 Å². The maximum atomic E-state index is 4.54. The number of anilines is 2. The van der Waals surface area contributed by atoms with Crippen molar-refractivity contribution in [1.29, 1.82) is 0 Å². The monoisotopic (exact) mass is 278 g/mol. The topological polar surface area (TPSA) is 41.1 Å². The fourth-order valence-electron chi connectivity index (χ4n) is 2.56. The van der Waals surface area contributed by atoms with E-state index in [4.69, 9.17) is 0 Å². The molecule has 1 atom stereocenters. The van der Waals surface area contributed by atoms with Gasteiger partial charge in [-0.2, -0.15) is 0 Å². The van der Waals surface area contributed by atoms with Crippen LogP contribution in [0, 0.1) is 5.92 Å². The highest BCUT2D eigenvalue weighted by Crippen LogP contribution is 2.26. The van der Waals surface area contributed by atoms with Crippen molar-refractivity contribution >= 4 is 11.6 Å². The van der Waals surface area contributed by atoms with Crippen LogP contribution in [0.4, 0.5) is 11.6 Å². The van der Waals surface area contributed by atoms with Gasteiger partial charge in [0, 0.05) is 25.2 Å². The van der Waals surface area contributed by atoms with Crippen LogP contribution >= 0.6 is 0 Å². The summed E-state index contributed by atoms with van der Waals surface area (Å²) in [6.45, 7) is 12.0. The fraction of sp³-hybridized carbons (Fsp3) is 0.750. The van der Waals surface area contributed by atoms with Crippen molar-refractivity contribution in [3.8, 4) is 0 Å². The molecular formula is C16H30N4. The molecule has 0 saturated heterocycles. The minimum absolute atomic E-state index is 0.481. The van der Waals surface area contributed by atoms with E-state index in [1.807, 2.05) is 0 Å². The Hall–Kier alpha value is -1.32. The van der Waals surface area contributed by atoms with E-state index >= 15 is 0 Å². The lowest BCUT2D eigenvalue weighted by Crippen LogP contribution is -2.32. The van der Waals surface area contributed by atoms with E-state index in [9.17, 15) is 0 Å². The Morgan fingerprint density at radius 3 is 2.45 bits per heavy atom. The molecule has 0 radical (unpaired) electrons. The maximum absolute atomic E-state index is 4.54. The lowest BCUT2D eigenvalue weighted by Gasteiger charge is -2.29. The van der Waals surface area contributed by atoms with Crippen molar-refractivity contribution in [1.82, 2.24) is 9.97 Å². The average molecular weight is 278 g/mol. The summed E-state index contributed by atoms with van der Waals surface area (Å²) in [5.41, 5.74) is 1.25. The fourth-order valence-corrected chi connectivity index (χ4v) is 2.56. The summed E-state index contributed by atoms with van der Waals surface area (Å²) in [4.78, 5) is 11.2. The van der Waals surface area contributed by atoms with Gasteiger partial charge in [-0.15, -0.1) is 0 Å². The molecule has 1 aromatic rings. The summed E-state index contributed by atoms with van der Waals surface area (Å²) in [6, 6.07) is 0.481. The largest absolute Gasteiger partial charge is 0.370 e. The summed E-state index contributed by atoms with van der Waals surface area (Å²) in [5.74, 6) is 2.76. The van der Waals surface area contributed by atoms with Crippen molar-refractivity contribution in [2.45, 2.75) is 59.9 Å². The van der Waals surface area contributed by atoms with Gasteiger partial charge in [-0.3, -0.25) is 0 Å². The van der Waals surface area contributed by atoms with E-state index < -0.39 is 0 Å². The first-order chi connectivity index (χ1) is 9.51. The number of hydrogen-bond donors (Lipinski definition) is 1. The zero-order valence-corrected chi connectivity index (χ0v) is 13.9. The minimum Gasteiger partial charge on any atom is -0.370 e. The number of nitrogens with zero attached hydrogens (tertiary/aromatic N) is 3. The van der Waals surface area contributed by atoms with E-state index in [0.717, 1.165) is 31.0 Å². The highest BCUT2D eigenvalue weighted by atomic mass is 15.2. The highest BCUT2D eigenvalue weighted by Gasteiger charge is 2.18. The predicted octanol–water partition coefficient (Wildman–Crippen LogP) is 3.73. The van der Waals surface area contributed by atoms with Crippen LogP contribution in [0.15, 0.2) is 6.33 Å². The number of hydrogen-bond acceptors (Lipinski definition) is 4. The molecule has 0 bridgehead atoms. The van der Waals surface area contributed by atoms with Gasteiger partial charge in [0.1, 0.15) is 18.0 Å². The Balaban J connectivity index is 3.05. The molecule has 4 nitrogen and oxygen atoms in total. The number of nitrogens with one attached hydrogen (secondary N) is 1. The Morgan fingerprint density at radius 2 is 1.90 bits per heavy atom. The van der Waals surface area contributed by atoms with Crippen LogP contribution in [0.3, 0.4) is 0 Å². The van der Waals surface area contributed by atoms with E-state index in [-0.39, 0.29) is 0 Å². The van der Waals surface area contributed by atoms with Crippen molar-refractivity contribution in [3.05, 3.63) is 11.9 Å². The first-order valence-electron chi connectivity index (χ1n) is 7.81. The molecule has 0 aromatic carbocycles. The molecule has 0 aliphatic heterocycles. The maximum Gasteiger partial charge on any atom is 0.137 e. The molecule has 1 aromatic heterocycles. The zero-order valence-electron chi connectivity index (χ0n) is 13.9. The van der Waals surface area contributed by atoms with Crippen LogP contribution in [-0.2, 0) is 6.42 Å². The summed E-state index contributed by atoms with van der Waals surface area (Å²) in [6.07, 6.45) is 4.95. The smallest absolute Gasteiger partial charge is 0.137 e.